The maximum Gasteiger partial charge on any atom is 0.191 e. The Morgan fingerprint density at radius 2 is 1.68 bits per heavy atom. The number of hydrogen-bond donors (Lipinski definition) is 2. The molecule has 1 fully saturated rings. The molecule has 2 N–H and O–H groups in total. The van der Waals surface area contributed by atoms with Gasteiger partial charge in [-0.1, -0.05) is 24.3 Å². The summed E-state index contributed by atoms with van der Waals surface area (Å²) < 4.78 is 2.21. The third-order valence-corrected chi connectivity index (χ3v) is 5.41. The maximum atomic E-state index is 4.31. The van der Waals surface area contributed by atoms with Crippen molar-refractivity contribution in [1.82, 2.24) is 30.3 Å². The molecule has 28 heavy (non-hydrogen) atoms. The van der Waals surface area contributed by atoms with Gasteiger partial charge < -0.3 is 15.2 Å². The van der Waals surface area contributed by atoms with Gasteiger partial charge >= 0.3 is 0 Å². The van der Waals surface area contributed by atoms with Crippen LogP contribution in [0.5, 0.6) is 0 Å². The van der Waals surface area contributed by atoms with Crippen LogP contribution >= 0.6 is 24.0 Å². The van der Waals surface area contributed by atoms with Crippen LogP contribution in [0.1, 0.15) is 42.0 Å². The number of aromatic nitrogens is 3. The quantitative estimate of drug-likeness (QED) is 0.366. The number of likely N-dealkylation sites (tertiary alicyclic amines) is 1. The number of aryl methyl sites for hydroxylation is 1. The molecule has 0 unspecified atom stereocenters. The van der Waals surface area contributed by atoms with Gasteiger partial charge in [-0.25, -0.2) is 0 Å². The van der Waals surface area contributed by atoms with Crippen molar-refractivity contribution in [3.63, 3.8) is 0 Å². The van der Waals surface area contributed by atoms with E-state index in [4.69, 9.17) is 0 Å². The molecule has 1 aromatic heterocycles. The Hall–Kier alpha value is -1.68. The summed E-state index contributed by atoms with van der Waals surface area (Å²) in [7, 11) is 1.79. The molecule has 4 rings (SSSR count). The lowest BCUT2D eigenvalue weighted by molar-refractivity contribution is 0.331. The van der Waals surface area contributed by atoms with Crippen LogP contribution in [0.3, 0.4) is 0 Å². The topological polar surface area (TPSA) is 70.4 Å². The van der Waals surface area contributed by atoms with E-state index in [1.807, 2.05) is 0 Å². The molecule has 7 nitrogen and oxygen atoms in total. The molecule has 2 aliphatic heterocycles. The van der Waals surface area contributed by atoms with Crippen LogP contribution in [0.25, 0.3) is 0 Å². The molecule has 0 aliphatic carbocycles. The molecule has 3 heterocycles. The lowest BCUT2D eigenvalue weighted by Gasteiger charge is -2.15. The monoisotopic (exact) mass is 495 g/mol. The summed E-state index contributed by atoms with van der Waals surface area (Å²) in [5.74, 6) is 2.87. The lowest BCUT2D eigenvalue weighted by Crippen LogP contribution is -2.37. The van der Waals surface area contributed by atoms with Gasteiger partial charge in [-0.2, -0.15) is 0 Å². The Balaban J connectivity index is 0.00000225. The third-order valence-electron chi connectivity index (χ3n) is 5.41. The number of aliphatic imine (C=N–C) groups is 1. The molecule has 0 spiro atoms. The molecule has 2 aromatic rings. The second kappa shape index (κ2) is 10.2. The van der Waals surface area contributed by atoms with Crippen molar-refractivity contribution in [2.24, 2.45) is 4.99 Å². The van der Waals surface area contributed by atoms with Gasteiger partial charge in [0.1, 0.15) is 5.82 Å². The predicted molar refractivity (Wildman–Crippen MR) is 122 cm³/mol. The van der Waals surface area contributed by atoms with E-state index in [2.05, 4.69) is 59.6 Å². The highest BCUT2D eigenvalue weighted by molar-refractivity contribution is 14.0. The van der Waals surface area contributed by atoms with E-state index in [0.717, 1.165) is 43.7 Å². The molecule has 0 bridgehead atoms. The largest absolute Gasteiger partial charge is 0.352 e. The molecule has 8 heteroatoms. The van der Waals surface area contributed by atoms with E-state index >= 15 is 0 Å². The van der Waals surface area contributed by atoms with Gasteiger partial charge in [-0.3, -0.25) is 9.89 Å². The Bertz CT molecular complexity index is 778. The summed E-state index contributed by atoms with van der Waals surface area (Å²) in [5.41, 5.74) is 2.65. The highest BCUT2D eigenvalue weighted by Gasteiger charge is 2.17. The average Bonchev–Trinajstić information content (AvgIpc) is 3.42. The molecular weight excluding hydrogens is 465 g/mol. The van der Waals surface area contributed by atoms with Gasteiger partial charge in [0.05, 0.1) is 6.54 Å². The van der Waals surface area contributed by atoms with Gasteiger partial charge in [0.25, 0.3) is 0 Å². The molecule has 1 aromatic carbocycles. The van der Waals surface area contributed by atoms with Gasteiger partial charge in [0, 0.05) is 33.1 Å². The van der Waals surface area contributed by atoms with E-state index in [1.165, 1.54) is 43.5 Å². The van der Waals surface area contributed by atoms with E-state index in [1.54, 1.807) is 7.05 Å². The fourth-order valence-corrected chi connectivity index (χ4v) is 3.87. The average molecular weight is 495 g/mol. The van der Waals surface area contributed by atoms with Crippen molar-refractivity contribution in [1.29, 1.82) is 0 Å². The first kappa shape index (κ1) is 21.0. The van der Waals surface area contributed by atoms with Crippen LogP contribution in [0.2, 0.25) is 0 Å². The fraction of sp³-hybridized carbons (Fsp3) is 0.550. The minimum Gasteiger partial charge on any atom is -0.352 e. The number of fused-ring (bicyclic) bond motifs is 1. The van der Waals surface area contributed by atoms with Crippen molar-refractivity contribution < 1.29 is 0 Å². The van der Waals surface area contributed by atoms with Gasteiger partial charge in [0.2, 0.25) is 0 Å². The van der Waals surface area contributed by atoms with E-state index < -0.39 is 0 Å². The van der Waals surface area contributed by atoms with Crippen LogP contribution in [-0.2, 0) is 32.6 Å². The number of hydrogen-bond acceptors (Lipinski definition) is 4. The normalized spacial score (nSPS) is 16.7. The van der Waals surface area contributed by atoms with Crippen LogP contribution in [-0.4, -0.2) is 45.8 Å². The summed E-state index contributed by atoms with van der Waals surface area (Å²) in [5, 5.41) is 15.2. The molecule has 0 atom stereocenters. The summed E-state index contributed by atoms with van der Waals surface area (Å²) >= 11 is 0. The Morgan fingerprint density at radius 1 is 0.964 bits per heavy atom. The van der Waals surface area contributed by atoms with Gasteiger partial charge in [-0.05, 0) is 43.5 Å². The van der Waals surface area contributed by atoms with Crippen molar-refractivity contribution in [3.8, 4) is 0 Å². The van der Waals surface area contributed by atoms with Gasteiger partial charge in [-0.15, -0.1) is 34.2 Å². The summed E-state index contributed by atoms with van der Waals surface area (Å²) in [6.07, 6.45) is 4.88. The minimum absolute atomic E-state index is 0. The molecule has 0 radical (unpaired) electrons. The summed E-state index contributed by atoms with van der Waals surface area (Å²) in [6, 6.07) is 8.89. The predicted octanol–water partition coefficient (Wildman–Crippen LogP) is 2.30. The molecule has 152 valence electrons. The van der Waals surface area contributed by atoms with Crippen LogP contribution in [0.15, 0.2) is 29.3 Å². The minimum atomic E-state index is 0. The third kappa shape index (κ3) is 5.22. The first-order chi connectivity index (χ1) is 13.3. The first-order valence-electron chi connectivity index (χ1n) is 9.97. The number of halogens is 1. The van der Waals surface area contributed by atoms with E-state index in [-0.39, 0.29) is 24.0 Å². The molecule has 2 aliphatic rings. The molecule has 0 saturated carbocycles. The van der Waals surface area contributed by atoms with E-state index in [9.17, 15) is 0 Å². The zero-order valence-corrected chi connectivity index (χ0v) is 18.9. The highest BCUT2D eigenvalue weighted by Crippen LogP contribution is 2.14. The molecular formula is C20H30IN7. The smallest absolute Gasteiger partial charge is 0.191 e. The summed E-state index contributed by atoms with van der Waals surface area (Å²) in [6.45, 7) is 5.96. The Labute approximate surface area is 184 Å². The number of guanidine groups is 1. The van der Waals surface area contributed by atoms with Crippen LogP contribution in [0.4, 0.5) is 0 Å². The molecule has 1 saturated heterocycles. The van der Waals surface area contributed by atoms with Gasteiger partial charge in [0.15, 0.2) is 11.8 Å². The van der Waals surface area contributed by atoms with Crippen molar-refractivity contribution >= 4 is 29.9 Å². The first-order valence-corrected chi connectivity index (χ1v) is 9.97. The number of benzene rings is 1. The van der Waals surface area contributed by atoms with Crippen molar-refractivity contribution in [3.05, 3.63) is 47.0 Å². The molecule has 0 amide bonds. The highest BCUT2D eigenvalue weighted by atomic mass is 127. The fourth-order valence-electron chi connectivity index (χ4n) is 3.87. The van der Waals surface area contributed by atoms with Crippen LogP contribution in [0, 0.1) is 0 Å². The summed E-state index contributed by atoms with van der Waals surface area (Å²) in [4.78, 5) is 6.84. The zero-order valence-electron chi connectivity index (χ0n) is 16.5. The number of rotatable bonds is 6. The number of nitrogens with one attached hydrogen (secondary N) is 2. The standard InChI is InChI=1S/C20H29N7.HI/c1-21-20(23-14-19-25-24-18-5-4-12-27(18)19)22-13-16-6-8-17(9-7-16)15-26-10-2-3-11-26;/h6-9H,2-5,10-15H2,1H3,(H2,21,22,23);1H. The second-order valence-electron chi connectivity index (χ2n) is 7.37. The Morgan fingerprint density at radius 3 is 2.43 bits per heavy atom. The maximum absolute atomic E-state index is 4.31. The van der Waals surface area contributed by atoms with Crippen LogP contribution < -0.4 is 10.6 Å². The SMILES string of the molecule is CN=C(NCc1ccc(CN2CCCC2)cc1)NCc1nnc2n1CCC2.I. The second-order valence-corrected chi connectivity index (χ2v) is 7.37. The van der Waals surface area contributed by atoms with Crippen molar-refractivity contribution in [2.75, 3.05) is 20.1 Å². The Kier molecular flexibility index (Phi) is 7.66. The van der Waals surface area contributed by atoms with E-state index in [0.29, 0.717) is 6.54 Å². The zero-order chi connectivity index (χ0) is 18.5. The van der Waals surface area contributed by atoms with Crippen molar-refractivity contribution in [2.45, 2.75) is 51.9 Å². The number of nitrogens with zero attached hydrogens (tertiary/aromatic N) is 5. The lowest BCUT2D eigenvalue weighted by atomic mass is 10.1.